The molecule has 0 radical (unpaired) electrons. The second kappa shape index (κ2) is 4.64. The molecule has 0 aromatic carbocycles. The lowest BCUT2D eigenvalue weighted by atomic mass is 10.4. The maximum Gasteiger partial charge on any atom is 0.320 e. The Labute approximate surface area is 84.8 Å². The van der Waals surface area contributed by atoms with E-state index in [1.54, 1.807) is 0 Å². The minimum atomic E-state index is 0.216. The monoisotopic (exact) mass is 198 g/mol. The van der Waals surface area contributed by atoms with Crippen LogP contribution in [0.3, 0.4) is 0 Å². The van der Waals surface area contributed by atoms with Crippen molar-refractivity contribution in [2.24, 2.45) is 0 Å². The van der Waals surface area contributed by atoms with E-state index in [2.05, 4.69) is 0 Å². The summed E-state index contributed by atoms with van der Waals surface area (Å²) >= 11 is 0. The first kappa shape index (κ1) is 9.77. The maximum absolute atomic E-state index is 11.9. The molecule has 2 heterocycles. The molecule has 2 amide bonds. The normalized spacial score (nSPS) is 23.7. The molecule has 2 rings (SSSR count). The van der Waals surface area contributed by atoms with Crippen LogP contribution >= 0.6 is 0 Å². The van der Waals surface area contributed by atoms with Gasteiger partial charge in [0.25, 0.3) is 0 Å². The van der Waals surface area contributed by atoms with Gasteiger partial charge < -0.3 is 14.5 Å². The molecule has 0 aromatic rings. The van der Waals surface area contributed by atoms with Crippen molar-refractivity contribution in [3.8, 4) is 0 Å². The van der Waals surface area contributed by atoms with E-state index in [-0.39, 0.29) is 6.03 Å². The van der Waals surface area contributed by atoms with E-state index in [4.69, 9.17) is 4.74 Å². The van der Waals surface area contributed by atoms with Gasteiger partial charge in [0.1, 0.15) is 0 Å². The van der Waals surface area contributed by atoms with E-state index < -0.39 is 0 Å². The highest BCUT2D eigenvalue weighted by molar-refractivity contribution is 5.74. The van der Waals surface area contributed by atoms with Gasteiger partial charge in [0, 0.05) is 32.8 Å². The number of carbonyl (C=O) groups is 1. The van der Waals surface area contributed by atoms with E-state index in [0.717, 1.165) is 52.0 Å². The zero-order valence-electron chi connectivity index (χ0n) is 8.57. The first-order chi connectivity index (χ1) is 6.88. The van der Waals surface area contributed by atoms with E-state index in [9.17, 15) is 4.79 Å². The molecule has 2 saturated heterocycles. The molecule has 0 aliphatic carbocycles. The Hall–Kier alpha value is -0.770. The van der Waals surface area contributed by atoms with Crippen LogP contribution in [0.2, 0.25) is 0 Å². The second-order valence-corrected chi connectivity index (χ2v) is 3.93. The van der Waals surface area contributed by atoms with Crippen molar-refractivity contribution in [1.29, 1.82) is 0 Å². The minimum absolute atomic E-state index is 0.216. The highest BCUT2D eigenvalue weighted by atomic mass is 16.5. The highest BCUT2D eigenvalue weighted by Crippen LogP contribution is 2.11. The molecule has 0 unspecified atom stereocenters. The third-order valence-electron chi connectivity index (χ3n) is 2.87. The Morgan fingerprint density at radius 2 is 1.50 bits per heavy atom. The summed E-state index contributed by atoms with van der Waals surface area (Å²) in [7, 11) is 0. The Balaban J connectivity index is 1.88. The lowest BCUT2D eigenvalue weighted by Gasteiger charge is -2.26. The topological polar surface area (TPSA) is 32.8 Å². The van der Waals surface area contributed by atoms with Gasteiger partial charge in [0.15, 0.2) is 0 Å². The summed E-state index contributed by atoms with van der Waals surface area (Å²) in [6.07, 6.45) is 3.30. The van der Waals surface area contributed by atoms with Crippen molar-refractivity contribution in [2.75, 3.05) is 39.4 Å². The third-order valence-corrected chi connectivity index (χ3v) is 2.87. The molecule has 0 N–H and O–H groups in total. The summed E-state index contributed by atoms with van der Waals surface area (Å²) < 4.78 is 5.33. The van der Waals surface area contributed by atoms with Gasteiger partial charge in [-0.05, 0) is 19.3 Å². The van der Waals surface area contributed by atoms with Crippen LogP contribution in [0.5, 0.6) is 0 Å². The fourth-order valence-electron chi connectivity index (χ4n) is 2.05. The van der Waals surface area contributed by atoms with E-state index in [1.807, 2.05) is 9.80 Å². The number of rotatable bonds is 0. The number of hydrogen-bond donors (Lipinski definition) is 0. The summed E-state index contributed by atoms with van der Waals surface area (Å²) in [5.41, 5.74) is 0. The molecule has 4 heteroatoms. The number of likely N-dealkylation sites (tertiary alicyclic amines) is 1. The number of nitrogens with zero attached hydrogens (tertiary/aromatic N) is 2. The predicted molar refractivity (Wildman–Crippen MR) is 53.2 cm³/mol. The number of carbonyl (C=O) groups excluding carboxylic acids is 1. The summed E-state index contributed by atoms with van der Waals surface area (Å²) in [4.78, 5) is 15.8. The molecule has 80 valence electrons. The lowest BCUT2D eigenvalue weighted by Crippen LogP contribution is -2.42. The van der Waals surface area contributed by atoms with E-state index in [1.165, 1.54) is 0 Å². The highest BCUT2D eigenvalue weighted by Gasteiger charge is 2.23. The quantitative estimate of drug-likeness (QED) is 0.580. The number of amides is 2. The van der Waals surface area contributed by atoms with Crippen LogP contribution < -0.4 is 0 Å². The van der Waals surface area contributed by atoms with Gasteiger partial charge in [0.2, 0.25) is 0 Å². The van der Waals surface area contributed by atoms with Crippen molar-refractivity contribution < 1.29 is 9.53 Å². The van der Waals surface area contributed by atoms with Crippen LogP contribution in [-0.4, -0.2) is 55.2 Å². The number of ether oxygens (including phenoxy) is 1. The molecule has 0 aromatic heterocycles. The standard InChI is InChI=1S/C10H18N2O2/c13-10(11-4-1-2-5-11)12-6-3-8-14-9-7-12/h1-9H2. The molecule has 0 atom stereocenters. The van der Waals surface area contributed by atoms with Crippen LogP contribution in [0, 0.1) is 0 Å². The Morgan fingerprint density at radius 3 is 2.29 bits per heavy atom. The smallest absolute Gasteiger partial charge is 0.320 e. The van der Waals surface area contributed by atoms with Crippen LogP contribution in [0.1, 0.15) is 19.3 Å². The first-order valence-corrected chi connectivity index (χ1v) is 5.49. The second-order valence-electron chi connectivity index (χ2n) is 3.93. The van der Waals surface area contributed by atoms with E-state index in [0.29, 0.717) is 6.61 Å². The Bertz CT molecular complexity index is 194. The molecular formula is C10H18N2O2. The predicted octanol–water partition coefficient (Wildman–Crippen LogP) is 0.925. The van der Waals surface area contributed by atoms with Gasteiger partial charge in [-0.2, -0.15) is 0 Å². The molecule has 4 nitrogen and oxygen atoms in total. The summed E-state index contributed by atoms with van der Waals surface area (Å²) in [6.45, 7) is 4.99. The van der Waals surface area contributed by atoms with E-state index >= 15 is 0 Å². The first-order valence-electron chi connectivity index (χ1n) is 5.49. The summed E-state index contributed by atoms with van der Waals surface area (Å²) in [6, 6.07) is 0.216. The molecule has 0 spiro atoms. The van der Waals surface area contributed by atoms with Gasteiger partial charge in [-0.15, -0.1) is 0 Å². The van der Waals surface area contributed by atoms with Crippen LogP contribution in [0.25, 0.3) is 0 Å². The molecule has 2 aliphatic heterocycles. The van der Waals surface area contributed by atoms with Gasteiger partial charge >= 0.3 is 6.03 Å². The van der Waals surface area contributed by atoms with Crippen molar-refractivity contribution in [3.63, 3.8) is 0 Å². The molecule has 14 heavy (non-hydrogen) atoms. The Kier molecular flexibility index (Phi) is 3.24. The summed E-state index contributed by atoms with van der Waals surface area (Å²) in [5.74, 6) is 0. The SMILES string of the molecule is O=C(N1CCCC1)N1CCCOCC1. The van der Waals surface area contributed by atoms with Gasteiger partial charge in [-0.3, -0.25) is 0 Å². The van der Waals surface area contributed by atoms with Gasteiger partial charge in [0.05, 0.1) is 6.61 Å². The third kappa shape index (κ3) is 2.18. The van der Waals surface area contributed by atoms with Crippen molar-refractivity contribution >= 4 is 6.03 Å². The van der Waals surface area contributed by atoms with Crippen LogP contribution in [-0.2, 0) is 4.74 Å². The van der Waals surface area contributed by atoms with Crippen molar-refractivity contribution in [3.05, 3.63) is 0 Å². The molecule has 0 bridgehead atoms. The minimum Gasteiger partial charge on any atom is -0.380 e. The summed E-state index contributed by atoms with van der Waals surface area (Å²) in [5, 5.41) is 0. The molecular weight excluding hydrogens is 180 g/mol. The van der Waals surface area contributed by atoms with Gasteiger partial charge in [-0.25, -0.2) is 4.79 Å². The maximum atomic E-state index is 11.9. The zero-order valence-corrected chi connectivity index (χ0v) is 8.57. The fourth-order valence-corrected chi connectivity index (χ4v) is 2.05. The molecule has 2 fully saturated rings. The number of urea groups is 1. The average Bonchev–Trinajstić information content (AvgIpc) is 2.59. The fraction of sp³-hybridized carbons (Fsp3) is 0.900. The lowest BCUT2D eigenvalue weighted by molar-refractivity contribution is 0.135. The Morgan fingerprint density at radius 1 is 0.857 bits per heavy atom. The van der Waals surface area contributed by atoms with Gasteiger partial charge in [-0.1, -0.05) is 0 Å². The van der Waals surface area contributed by atoms with Crippen LogP contribution in [0.4, 0.5) is 4.79 Å². The largest absolute Gasteiger partial charge is 0.380 e. The van der Waals surface area contributed by atoms with Crippen molar-refractivity contribution in [2.45, 2.75) is 19.3 Å². The zero-order chi connectivity index (χ0) is 9.80. The van der Waals surface area contributed by atoms with Crippen molar-refractivity contribution in [1.82, 2.24) is 9.80 Å². The van der Waals surface area contributed by atoms with Crippen LogP contribution in [0.15, 0.2) is 0 Å². The molecule has 2 aliphatic rings. The average molecular weight is 198 g/mol. The number of hydrogen-bond acceptors (Lipinski definition) is 2. The molecule has 0 saturated carbocycles.